The molecule has 1 aromatic carbocycles. The summed E-state index contributed by atoms with van der Waals surface area (Å²) < 4.78 is 0. The van der Waals surface area contributed by atoms with Crippen molar-refractivity contribution in [2.45, 2.75) is 13.1 Å². The number of nitrogens with zero attached hydrogens (tertiary/aromatic N) is 1. The van der Waals surface area contributed by atoms with Crippen LogP contribution in [-0.4, -0.2) is 4.98 Å². The number of pyridine rings is 1. The Kier molecular flexibility index (Phi) is 3.96. The highest BCUT2D eigenvalue weighted by Crippen LogP contribution is 2.14. The Morgan fingerprint density at radius 3 is 2.65 bits per heavy atom. The Bertz CT molecular complexity index is 482. The van der Waals surface area contributed by atoms with Crippen molar-refractivity contribution in [3.05, 3.63) is 58.9 Å². The maximum Gasteiger partial charge on any atom is 0.0639 e. The van der Waals surface area contributed by atoms with Crippen LogP contribution in [0.4, 0.5) is 5.69 Å². The third kappa shape index (κ3) is 3.19. The topological polar surface area (TPSA) is 50.9 Å². The van der Waals surface area contributed by atoms with Crippen molar-refractivity contribution in [1.82, 2.24) is 4.98 Å². The third-order valence-electron chi connectivity index (χ3n) is 2.51. The van der Waals surface area contributed by atoms with Gasteiger partial charge in [-0.1, -0.05) is 17.7 Å². The number of rotatable bonds is 4. The molecule has 0 aliphatic rings. The molecule has 0 radical (unpaired) electrons. The van der Waals surface area contributed by atoms with Gasteiger partial charge in [-0.15, -0.1) is 0 Å². The van der Waals surface area contributed by atoms with Gasteiger partial charge in [0.1, 0.15) is 0 Å². The van der Waals surface area contributed by atoms with Crippen LogP contribution in [0.15, 0.2) is 42.6 Å². The summed E-state index contributed by atoms with van der Waals surface area (Å²) in [5.41, 5.74) is 8.71. The second-order valence-corrected chi connectivity index (χ2v) is 4.11. The van der Waals surface area contributed by atoms with E-state index in [-0.39, 0.29) is 0 Å². The fraction of sp³-hybridized carbons (Fsp3) is 0.154. The first-order valence-corrected chi connectivity index (χ1v) is 5.79. The average Bonchev–Trinajstić information content (AvgIpc) is 2.38. The Morgan fingerprint density at radius 2 is 1.94 bits per heavy atom. The van der Waals surface area contributed by atoms with E-state index >= 15 is 0 Å². The fourth-order valence-electron chi connectivity index (χ4n) is 1.57. The molecule has 0 bridgehead atoms. The predicted molar refractivity (Wildman–Crippen MR) is 70.9 cm³/mol. The minimum atomic E-state index is 0.505. The van der Waals surface area contributed by atoms with E-state index in [0.29, 0.717) is 13.1 Å². The molecule has 0 unspecified atom stereocenters. The summed E-state index contributed by atoms with van der Waals surface area (Å²) in [5, 5.41) is 4.02. The van der Waals surface area contributed by atoms with Gasteiger partial charge in [0, 0.05) is 23.5 Å². The molecule has 3 N–H and O–H groups in total. The highest BCUT2D eigenvalue weighted by atomic mass is 35.5. The molecule has 0 saturated carbocycles. The smallest absolute Gasteiger partial charge is 0.0639 e. The zero-order valence-corrected chi connectivity index (χ0v) is 10.1. The summed E-state index contributed by atoms with van der Waals surface area (Å²) in [6, 6.07) is 11.5. The number of nitrogens with one attached hydrogen (secondary N) is 1. The van der Waals surface area contributed by atoms with Crippen molar-refractivity contribution in [2.75, 3.05) is 5.32 Å². The van der Waals surface area contributed by atoms with Crippen molar-refractivity contribution in [2.24, 2.45) is 5.73 Å². The van der Waals surface area contributed by atoms with Crippen LogP contribution in [-0.2, 0) is 13.1 Å². The molecule has 2 aromatic rings. The van der Waals surface area contributed by atoms with Crippen molar-refractivity contribution in [1.29, 1.82) is 0 Å². The Morgan fingerprint density at radius 1 is 1.18 bits per heavy atom. The first-order valence-electron chi connectivity index (χ1n) is 5.42. The van der Waals surface area contributed by atoms with E-state index in [4.69, 9.17) is 17.3 Å². The van der Waals surface area contributed by atoms with Crippen molar-refractivity contribution in [3.8, 4) is 0 Å². The molecule has 0 spiro atoms. The molecule has 0 fully saturated rings. The van der Waals surface area contributed by atoms with Gasteiger partial charge in [-0.3, -0.25) is 4.98 Å². The van der Waals surface area contributed by atoms with Gasteiger partial charge in [-0.05, 0) is 35.9 Å². The van der Waals surface area contributed by atoms with E-state index in [2.05, 4.69) is 10.3 Å². The van der Waals surface area contributed by atoms with Gasteiger partial charge in [0.25, 0.3) is 0 Å². The van der Waals surface area contributed by atoms with Crippen LogP contribution < -0.4 is 11.1 Å². The highest BCUT2D eigenvalue weighted by molar-refractivity contribution is 6.30. The van der Waals surface area contributed by atoms with E-state index in [1.807, 2.05) is 36.4 Å². The van der Waals surface area contributed by atoms with Crippen molar-refractivity contribution < 1.29 is 0 Å². The summed E-state index contributed by atoms with van der Waals surface area (Å²) in [6.45, 7) is 1.17. The zero-order chi connectivity index (χ0) is 12.1. The van der Waals surface area contributed by atoms with Gasteiger partial charge in [0.15, 0.2) is 0 Å². The molecule has 2 rings (SSSR count). The largest absolute Gasteiger partial charge is 0.379 e. The number of nitrogens with two attached hydrogens (primary N) is 1. The van der Waals surface area contributed by atoms with Gasteiger partial charge >= 0.3 is 0 Å². The van der Waals surface area contributed by atoms with Gasteiger partial charge in [-0.2, -0.15) is 0 Å². The number of anilines is 1. The third-order valence-corrected chi connectivity index (χ3v) is 2.76. The summed E-state index contributed by atoms with van der Waals surface area (Å²) in [7, 11) is 0. The van der Waals surface area contributed by atoms with Crippen LogP contribution in [0.3, 0.4) is 0 Å². The molecule has 0 aliphatic carbocycles. The van der Waals surface area contributed by atoms with Crippen molar-refractivity contribution >= 4 is 17.3 Å². The molecule has 17 heavy (non-hydrogen) atoms. The number of benzene rings is 1. The lowest BCUT2D eigenvalue weighted by molar-refractivity contribution is 0.951. The molecule has 1 aromatic heterocycles. The number of hydrogen-bond acceptors (Lipinski definition) is 3. The Labute approximate surface area is 106 Å². The number of hydrogen-bond donors (Lipinski definition) is 2. The molecule has 1 heterocycles. The normalized spacial score (nSPS) is 10.2. The molecule has 3 nitrogen and oxygen atoms in total. The molecular formula is C13H14ClN3. The minimum absolute atomic E-state index is 0.505. The van der Waals surface area contributed by atoms with E-state index in [0.717, 1.165) is 22.0 Å². The van der Waals surface area contributed by atoms with E-state index in [1.165, 1.54) is 0 Å². The maximum atomic E-state index is 5.82. The van der Waals surface area contributed by atoms with Crippen LogP contribution in [0, 0.1) is 0 Å². The maximum absolute atomic E-state index is 5.82. The Balaban J connectivity index is 2.04. The quantitative estimate of drug-likeness (QED) is 0.874. The van der Waals surface area contributed by atoms with Gasteiger partial charge < -0.3 is 11.1 Å². The lowest BCUT2D eigenvalue weighted by Crippen LogP contribution is -2.08. The van der Waals surface area contributed by atoms with E-state index < -0.39 is 0 Å². The molecular weight excluding hydrogens is 234 g/mol. The van der Waals surface area contributed by atoms with Crippen LogP contribution >= 0.6 is 11.6 Å². The Hall–Kier alpha value is -1.58. The highest BCUT2D eigenvalue weighted by Gasteiger charge is 2.01. The minimum Gasteiger partial charge on any atom is -0.379 e. The molecule has 0 atom stereocenters. The van der Waals surface area contributed by atoms with Crippen LogP contribution in [0.1, 0.15) is 11.3 Å². The summed E-state index contributed by atoms with van der Waals surface area (Å²) in [5.74, 6) is 0. The van der Waals surface area contributed by atoms with Gasteiger partial charge in [0.05, 0.1) is 12.2 Å². The second-order valence-electron chi connectivity index (χ2n) is 3.67. The first-order chi connectivity index (χ1) is 8.29. The predicted octanol–water partition coefficient (Wildman–Crippen LogP) is 2.81. The molecule has 4 heteroatoms. The number of halogens is 1. The van der Waals surface area contributed by atoms with Crippen LogP contribution in [0.25, 0.3) is 0 Å². The lowest BCUT2D eigenvalue weighted by atomic mass is 10.2. The van der Waals surface area contributed by atoms with E-state index in [9.17, 15) is 0 Å². The zero-order valence-electron chi connectivity index (χ0n) is 9.36. The van der Waals surface area contributed by atoms with Gasteiger partial charge in [0.2, 0.25) is 0 Å². The average molecular weight is 248 g/mol. The molecule has 0 saturated heterocycles. The summed E-state index contributed by atoms with van der Waals surface area (Å²) >= 11 is 5.82. The SMILES string of the molecule is NCc1cccnc1CNc1ccc(Cl)cc1. The standard InChI is InChI=1S/C13H14ClN3/c14-11-3-5-12(6-4-11)17-9-13-10(8-15)2-1-7-16-13/h1-7,17H,8-9,15H2. The monoisotopic (exact) mass is 247 g/mol. The number of aromatic nitrogens is 1. The van der Waals surface area contributed by atoms with Gasteiger partial charge in [-0.25, -0.2) is 0 Å². The summed E-state index contributed by atoms with van der Waals surface area (Å²) in [6.07, 6.45) is 1.78. The van der Waals surface area contributed by atoms with Crippen molar-refractivity contribution in [3.63, 3.8) is 0 Å². The fourth-order valence-corrected chi connectivity index (χ4v) is 1.70. The molecule has 0 amide bonds. The lowest BCUT2D eigenvalue weighted by Gasteiger charge is -2.09. The van der Waals surface area contributed by atoms with Crippen LogP contribution in [0.5, 0.6) is 0 Å². The first kappa shape index (κ1) is 11.9. The van der Waals surface area contributed by atoms with E-state index in [1.54, 1.807) is 6.20 Å². The molecule has 88 valence electrons. The van der Waals surface area contributed by atoms with Crippen LogP contribution in [0.2, 0.25) is 5.02 Å². The second kappa shape index (κ2) is 5.66. The summed E-state index contributed by atoms with van der Waals surface area (Å²) in [4.78, 5) is 4.31. The molecule has 0 aliphatic heterocycles.